The van der Waals surface area contributed by atoms with E-state index in [-0.39, 0.29) is 5.95 Å². The van der Waals surface area contributed by atoms with E-state index in [1.807, 2.05) is 19.3 Å². The first-order chi connectivity index (χ1) is 7.69. The summed E-state index contributed by atoms with van der Waals surface area (Å²) >= 11 is 0. The molecular formula is C10H14N6. The van der Waals surface area contributed by atoms with Gasteiger partial charge in [0.2, 0.25) is 5.95 Å². The second-order valence-corrected chi connectivity index (χ2v) is 3.56. The Kier molecular flexibility index (Phi) is 2.80. The number of aryl methyl sites for hydroxylation is 2. The van der Waals surface area contributed by atoms with Gasteiger partial charge in [-0.15, -0.1) is 0 Å². The Balaban J connectivity index is 2.40. The normalized spacial score (nSPS) is 10.6. The van der Waals surface area contributed by atoms with Crippen LogP contribution in [0.5, 0.6) is 0 Å². The lowest BCUT2D eigenvalue weighted by molar-refractivity contribution is 0.765. The van der Waals surface area contributed by atoms with E-state index in [1.165, 1.54) is 0 Å². The summed E-state index contributed by atoms with van der Waals surface area (Å²) in [5, 5.41) is 4.23. The molecule has 0 aliphatic rings. The highest BCUT2D eigenvalue weighted by Gasteiger charge is 2.08. The lowest BCUT2D eigenvalue weighted by atomic mass is 10.3. The van der Waals surface area contributed by atoms with Crippen LogP contribution in [0.25, 0.3) is 11.5 Å². The second kappa shape index (κ2) is 4.26. The van der Waals surface area contributed by atoms with Crippen LogP contribution in [0.15, 0.2) is 12.3 Å². The van der Waals surface area contributed by atoms with E-state index < -0.39 is 0 Å². The molecule has 2 aromatic rings. The van der Waals surface area contributed by atoms with Crippen molar-refractivity contribution in [3.05, 3.63) is 18.1 Å². The average molecular weight is 218 g/mol. The third kappa shape index (κ3) is 2.16. The number of nitrogens with zero attached hydrogens (tertiary/aromatic N) is 5. The van der Waals surface area contributed by atoms with Crippen LogP contribution in [-0.4, -0.2) is 24.7 Å². The molecular weight excluding hydrogens is 204 g/mol. The Bertz CT molecular complexity index is 490. The number of hydrogen-bond donors (Lipinski definition) is 1. The molecule has 0 spiro atoms. The Morgan fingerprint density at radius 2 is 2.12 bits per heavy atom. The van der Waals surface area contributed by atoms with Crippen molar-refractivity contribution in [3.63, 3.8) is 0 Å². The summed E-state index contributed by atoms with van der Waals surface area (Å²) in [4.78, 5) is 12.5. The Morgan fingerprint density at radius 3 is 2.75 bits per heavy atom. The van der Waals surface area contributed by atoms with Crippen LogP contribution < -0.4 is 5.73 Å². The van der Waals surface area contributed by atoms with Crippen LogP contribution in [0, 0.1) is 0 Å². The molecule has 2 rings (SSSR count). The quantitative estimate of drug-likeness (QED) is 0.824. The maximum Gasteiger partial charge on any atom is 0.223 e. The molecule has 6 heteroatoms. The molecule has 0 atom stereocenters. The summed E-state index contributed by atoms with van der Waals surface area (Å²) in [5.41, 5.74) is 6.35. The predicted molar refractivity (Wildman–Crippen MR) is 60.4 cm³/mol. The molecule has 84 valence electrons. The van der Waals surface area contributed by atoms with Crippen LogP contribution in [-0.2, 0) is 13.5 Å². The fourth-order valence-corrected chi connectivity index (χ4v) is 1.42. The third-order valence-electron chi connectivity index (χ3n) is 2.12. The smallest absolute Gasteiger partial charge is 0.223 e. The molecule has 0 amide bonds. The highest BCUT2D eigenvalue weighted by atomic mass is 15.3. The van der Waals surface area contributed by atoms with Gasteiger partial charge in [0.15, 0.2) is 5.82 Å². The van der Waals surface area contributed by atoms with Gasteiger partial charge in [-0.2, -0.15) is 15.1 Å². The molecule has 0 aliphatic carbocycles. The summed E-state index contributed by atoms with van der Waals surface area (Å²) in [6.07, 6.45) is 3.62. The summed E-state index contributed by atoms with van der Waals surface area (Å²) < 4.78 is 1.70. The Morgan fingerprint density at radius 1 is 1.31 bits per heavy atom. The standard InChI is InChI=1S/C10H14N6/c1-3-4-8-12-9(14-10(11)13-8)7-5-6-16(2)15-7/h5-6H,3-4H2,1-2H3,(H2,11,12,13,14). The number of nitrogen functional groups attached to an aromatic ring is 1. The summed E-state index contributed by atoms with van der Waals surface area (Å²) in [6.45, 7) is 2.07. The van der Waals surface area contributed by atoms with Gasteiger partial charge in [-0.3, -0.25) is 4.68 Å². The predicted octanol–water partition coefficient (Wildman–Crippen LogP) is 0.807. The number of rotatable bonds is 3. The maximum atomic E-state index is 5.64. The zero-order chi connectivity index (χ0) is 11.5. The van der Waals surface area contributed by atoms with Crippen molar-refractivity contribution in [1.29, 1.82) is 0 Å². The topological polar surface area (TPSA) is 82.5 Å². The first-order valence-corrected chi connectivity index (χ1v) is 5.19. The summed E-state index contributed by atoms with van der Waals surface area (Å²) in [7, 11) is 1.85. The molecule has 0 fully saturated rings. The minimum Gasteiger partial charge on any atom is -0.368 e. The van der Waals surface area contributed by atoms with Gasteiger partial charge in [0.05, 0.1) is 0 Å². The molecule has 2 heterocycles. The SMILES string of the molecule is CCCc1nc(N)nc(-c2ccn(C)n2)n1. The molecule has 0 radical (unpaired) electrons. The molecule has 2 N–H and O–H groups in total. The number of hydrogen-bond acceptors (Lipinski definition) is 5. The minimum absolute atomic E-state index is 0.249. The lowest BCUT2D eigenvalue weighted by Crippen LogP contribution is -2.05. The highest BCUT2D eigenvalue weighted by Crippen LogP contribution is 2.12. The van der Waals surface area contributed by atoms with E-state index in [0.29, 0.717) is 11.5 Å². The third-order valence-corrected chi connectivity index (χ3v) is 2.12. The highest BCUT2D eigenvalue weighted by molar-refractivity contribution is 5.49. The summed E-state index contributed by atoms with van der Waals surface area (Å²) in [6, 6.07) is 1.85. The zero-order valence-electron chi connectivity index (χ0n) is 9.38. The zero-order valence-corrected chi connectivity index (χ0v) is 9.38. The van der Waals surface area contributed by atoms with Gasteiger partial charge in [-0.25, -0.2) is 4.98 Å². The molecule has 0 saturated carbocycles. The lowest BCUT2D eigenvalue weighted by Gasteiger charge is -2.01. The molecule has 0 aliphatic heterocycles. The molecule has 0 bridgehead atoms. The monoisotopic (exact) mass is 218 g/mol. The van der Waals surface area contributed by atoms with E-state index in [1.54, 1.807) is 4.68 Å². The van der Waals surface area contributed by atoms with Crippen LogP contribution >= 0.6 is 0 Å². The molecule has 0 unspecified atom stereocenters. The molecule has 0 saturated heterocycles. The van der Waals surface area contributed by atoms with Crippen LogP contribution in [0.3, 0.4) is 0 Å². The van der Waals surface area contributed by atoms with Gasteiger partial charge in [0.25, 0.3) is 0 Å². The van der Waals surface area contributed by atoms with Gasteiger partial charge < -0.3 is 5.73 Å². The van der Waals surface area contributed by atoms with E-state index in [4.69, 9.17) is 5.73 Å². The molecule has 0 aromatic carbocycles. The summed E-state index contributed by atoms with van der Waals surface area (Å²) in [5.74, 6) is 1.51. The van der Waals surface area contributed by atoms with E-state index in [9.17, 15) is 0 Å². The fraction of sp³-hybridized carbons (Fsp3) is 0.400. The Labute approximate surface area is 93.6 Å². The Hall–Kier alpha value is -1.98. The number of aromatic nitrogens is 5. The maximum absolute atomic E-state index is 5.64. The van der Waals surface area contributed by atoms with Crippen LogP contribution in [0.2, 0.25) is 0 Å². The van der Waals surface area contributed by atoms with Gasteiger partial charge in [0.1, 0.15) is 11.5 Å². The van der Waals surface area contributed by atoms with Crippen LogP contribution in [0.4, 0.5) is 5.95 Å². The van der Waals surface area contributed by atoms with Crippen molar-refractivity contribution >= 4 is 5.95 Å². The van der Waals surface area contributed by atoms with Crippen molar-refractivity contribution in [3.8, 4) is 11.5 Å². The molecule has 6 nitrogen and oxygen atoms in total. The first kappa shape index (κ1) is 10.5. The van der Waals surface area contributed by atoms with Crippen molar-refractivity contribution in [1.82, 2.24) is 24.7 Å². The van der Waals surface area contributed by atoms with Crippen molar-refractivity contribution in [2.24, 2.45) is 7.05 Å². The van der Waals surface area contributed by atoms with E-state index in [0.717, 1.165) is 18.7 Å². The van der Waals surface area contributed by atoms with Gasteiger partial charge in [0, 0.05) is 19.7 Å². The van der Waals surface area contributed by atoms with Crippen LogP contribution in [0.1, 0.15) is 19.2 Å². The van der Waals surface area contributed by atoms with Crippen molar-refractivity contribution in [2.75, 3.05) is 5.73 Å². The van der Waals surface area contributed by atoms with E-state index in [2.05, 4.69) is 27.0 Å². The fourth-order valence-electron chi connectivity index (χ4n) is 1.42. The average Bonchev–Trinajstić information content (AvgIpc) is 2.64. The van der Waals surface area contributed by atoms with Gasteiger partial charge in [-0.1, -0.05) is 6.92 Å². The van der Waals surface area contributed by atoms with Crippen molar-refractivity contribution in [2.45, 2.75) is 19.8 Å². The van der Waals surface area contributed by atoms with Gasteiger partial charge in [-0.05, 0) is 12.5 Å². The number of nitrogens with two attached hydrogens (primary N) is 1. The van der Waals surface area contributed by atoms with Gasteiger partial charge >= 0.3 is 0 Å². The number of anilines is 1. The minimum atomic E-state index is 0.249. The molecule has 2 aromatic heterocycles. The largest absolute Gasteiger partial charge is 0.368 e. The van der Waals surface area contributed by atoms with Crippen molar-refractivity contribution < 1.29 is 0 Å². The second-order valence-electron chi connectivity index (χ2n) is 3.56. The first-order valence-electron chi connectivity index (χ1n) is 5.19. The molecule has 16 heavy (non-hydrogen) atoms. The van der Waals surface area contributed by atoms with E-state index >= 15 is 0 Å².